The van der Waals surface area contributed by atoms with Gasteiger partial charge in [0.2, 0.25) is 0 Å². The molecule has 0 aliphatic heterocycles. The average Bonchev–Trinajstić information content (AvgIpc) is 2.50. The maximum atomic E-state index is 11.9. The zero-order valence-corrected chi connectivity index (χ0v) is 12.4. The molecular weight excluding hydrogens is 262 g/mol. The van der Waals surface area contributed by atoms with Crippen LogP contribution in [-0.2, 0) is 6.54 Å². The first-order chi connectivity index (χ1) is 10.0. The van der Waals surface area contributed by atoms with Crippen molar-refractivity contribution in [1.82, 2.24) is 9.78 Å². The van der Waals surface area contributed by atoms with Crippen molar-refractivity contribution in [2.45, 2.75) is 33.2 Å². The van der Waals surface area contributed by atoms with Gasteiger partial charge >= 0.3 is 0 Å². The number of hydrogen-bond donors (Lipinski definition) is 0. The van der Waals surface area contributed by atoms with Gasteiger partial charge < -0.3 is 0 Å². The Morgan fingerprint density at radius 3 is 2.57 bits per heavy atom. The average molecular weight is 281 g/mol. The van der Waals surface area contributed by atoms with Crippen LogP contribution >= 0.6 is 0 Å². The van der Waals surface area contributed by atoms with Gasteiger partial charge in [0.05, 0.1) is 17.2 Å². The lowest BCUT2D eigenvalue weighted by Crippen LogP contribution is -2.23. The van der Waals surface area contributed by atoms with E-state index in [2.05, 4.69) is 11.2 Å². The lowest BCUT2D eigenvalue weighted by molar-refractivity contribution is 0.402. The Kier molecular flexibility index (Phi) is 4.54. The molecule has 0 fully saturated rings. The van der Waals surface area contributed by atoms with Gasteiger partial charge in [-0.2, -0.15) is 10.4 Å². The summed E-state index contributed by atoms with van der Waals surface area (Å²) in [7, 11) is 0. The van der Waals surface area contributed by atoms with E-state index in [4.69, 9.17) is 5.26 Å². The molecular formula is C17H19N3O. The van der Waals surface area contributed by atoms with Crippen LogP contribution in [0.5, 0.6) is 0 Å². The van der Waals surface area contributed by atoms with Crippen LogP contribution in [0, 0.1) is 16.7 Å². The predicted octanol–water partition coefficient (Wildman–Crippen LogP) is 3.24. The third-order valence-corrected chi connectivity index (χ3v) is 3.41. The van der Waals surface area contributed by atoms with Crippen LogP contribution in [0.2, 0.25) is 0 Å². The quantitative estimate of drug-likeness (QED) is 0.845. The van der Waals surface area contributed by atoms with Gasteiger partial charge in [0, 0.05) is 18.2 Å². The van der Waals surface area contributed by atoms with Crippen LogP contribution < -0.4 is 5.56 Å². The lowest BCUT2D eigenvalue weighted by atomic mass is 9.90. The number of nitriles is 1. The van der Waals surface area contributed by atoms with Gasteiger partial charge in [-0.25, -0.2) is 4.68 Å². The van der Waals surface area contributed by atoms with Crippen molar-refractivity contribution < 1.29 is 0 Å². The van der Waals surface area contributed by atoms with Gasteiger partial charge in [0.1, 0.15) is 0 Å². The molecule has 4 heteroatoms. The molecule has 108 valence electrons. The molecule has 0 unspecified atom stereocenters. The van der Waals surface area contributed by atoms with E-state index in [-0.39, 0.29) is 11.0 Å². The molecule has 1 aromatic heterocycles. The second-order valence-corrected chi connectivity index (χ2v) is 5.75. The van der Waals surface area contributed by atoms with Crippen molar-refractivity contribution in [1.29, 1.82) is 5.26 Å². The minimum atomic E-state index is -0.360. The Labute approximate surface area is 124 Å². The molecule has 0 aliphatic carbocycles. The van der Waals surface area contributed by atoms with E-state index in [1.807, 2.05) is 44.2 Å². The van der Waals surface area contributed by atoms with Gasteiger partial charge in [-0.15, -0.1) is 0 Å². The molecule has 0 N–H and O–H groups in total. The van der Waals surface area contributed by atoms with Crippen molar-refractivity contribution in [3.05, 3.63) is 52.8 Å². The molecule has 0 atom stereocenters. The van der Waals surface area contributed by atoms with Gasteiger partial charge in [-0.05, 0) is 32.8 Å². The van der Waals surface area contributed by atoms with Crippen molar-refractivity contribution in [2.24, 2.45) is 5.41 Å². The molecule has 0 saturated heterocycles. The first-order valence-corrected chi connectivity index (χ1v) is 7.07. The second-order valence-electron chi connectivity index (χ2n) is 5.75. The third kappa shape index (κ3) is 4.03. The van der Waals surface area contributed by atoms with E-state index in [0.717, 1.165) is 24.1 Å². The summed E-state index contributed by atoms with van der Waals surface area (Å²) >= 11 is 0. The number of aromatic nitrogens is 2. The zero-order chi connectivity index (χ0) is 15.3. The fourth-order valence-corrected chi connectivity index (χ4v) is 2.10. The SMILES string of the molecule is CC(C)(C#N)CCCn1nc(-c2ccccc2)ccc1=O. The molecule has 0 amide bonds. The Morgan fingerprint density at radius 2 is 1.90 bits per heavy atom. The molecule has 1 aromatic carbocycles. The Morgan fingerprint density at radius 1 is 1.19 bits per heavy atom. The highest BCUT2D eigenvalue weighted by Crippen LogP contribution is 2.21. The van der Waals surface area contributed by atoms with Crippen LogP contribution in [0.25, 0.3) is 11.3 Å². The molecule has 1 heterocycles. The second kappa shape index (κ2) is 6.36. The summed E-state index contributed by atoms with van der Waals surface area (Å²) in [4.78, 5) is 11.9. The number of rotatable bonds is 5. The maximum absolute atomic E-state index is 11.9. The fraction of sp³-hybridized carbons (Fsp3) is 0.353. The topological polar surface area (TPSA) is 58.7 Å². The van der Waals surface area contributed by atoms with Crippen molar-refractivity contribution in [3.63, 3.8) is 0 Å². The van der Waals surface area contributed by atoms with Crippen LogP contribution in [0.1, 0.15) is 26.7 Å². The molecule has 0 saturated carbocycles. The smallest absolute Gasteiger partial charge is 0.266 e. The molecule has 0 aliphatic rings. The summed E-state index contributed by atoms with van der Waals surface area (Å²) in [5, 5.41) is 13.4. The zero-order valence-electron chi connectivity index (χ0n) is 12.4. The van der Waals surface area contributed by atoms with Crippen LogP contribution in [0.15, 0.2) is 47.3 Å². The molecule has 4 nitrogen and oxygen atoms in total. The minimum absolute atomic E-state index is 0.107. The fourth-order valence-electron chi connectivity index (χ4n) is 2.10. The summed E-state index contributed by atoms with van der Waals surface area (Å²) in [5.41, 5.74) is 1.31. The van der Waals surface area contributed by atoms with Crippen LogP contribution in [0.3, 0.4) is 0 Å². The van der Waals surface area contributed by atoms with E-state index in [9.17, 15) is 4.79 Å². The predicted molar refractivity (Wildman–Crippen MR) is 82.6 cm³/mol. The van der Waals surface area contributed by atoms with E-state index in [0.29, 0.717) is 6.54 Å². The summed E-state index contributed by atoms with van der Waals surface area (Å²) in [6.07, 6.45) is 1.50. The first kappa shape index (κ1) is 15.0. The first-order valence-electron chi connectivity index (χ1n) is 7.07. The summed E-state index contributed by atoms with van der Waals surface area (Å²) in [5.74, 6) is 0. The number of hydrogen-bond acceptors (Lipinski definition) is 3. The summed E-state index contributed by atoms with van der Waals surface area (Å²) in [6, 6.07) is 15.3. The third-order valence-electron chi connectivity index (χ3n) is 3.41. The van der Waals surface area contributed by atoms with Crippen molar-refractivity contribution in [3.8, 4) is 17.3 Å². The van der Waals surface area contributed by atoms with Gasteiger partial charge in [0.15, 0.2) is 0 Å². The van der Waals surface area contributed by atoms with E-state index in [1.165, 1.54) is 4.68 Å². The van der Waals surface area contributed by atoms with E-state index < -0.39 is 0 Å². The van der Waals surface area contributed by atoms with Crippen LogP contribution in [-0.4, -0.2) is 9.78 Å². The minimum Gasteiger partial charge on any atom is -0.268 e. The Bertz CT molecular complexity index is 696. The molecule has 2 rings (SSSR count). The molecule has 0 spiro atoms. The van der Waals surface area contributed by atoms with E-state index in [1.54, 1.807) is 12.1 Å². The lowest BCUT2D eigenvalue weighted by Gasteiger charge is -2.14. The highest BCUT2D eigenvalue weighted by atomic mass is 16.1. The van der Waals surface area contributed by atoms with Gasteiger partial charge in [-0.1, -0.05) is 30.3 Å². The summed E-state index contributed by atoms with van der Waals surface area (Å²) < 4.78 is 1.48. The number of benzene rings is 1. The van der Waals surface area contributed by atoms with Crippen molar-refractivity contribution >= 4 is 0 Å². The van der Waals surface area contributed by atoms with Crippen LogP contribution in [0.4, 0.5) is 0 Å². The summed E-state index contributed by atoms with van der Waals surface area (Å²) in [6.45, 7) is 4.35. The Hall–Kier alpha value is -2.41. The molecule has 2 aromatic rings. The highest BCUT2D eigenvalue weighted by Gasteiger charge is 2.16. The monoisotopic (exact) mass is 281 g/mol. The highest BCUT2D eigenvalue weighted by molar-refractivity contribution is 5.57. The van der Waals surface area contributed by atoms with E-state index >= 15 is 0 Å². The molecule has 21 heavy (non-hydrogen) atoms. The molecule has 0 bridgehead atoms. The normalized spacial score (nSPS) is 11.1. The Balaban J connectivity index is 2.14. The number of nitrogens with zero attached hydrogens (tertiary/aromatic N) is 3. The van der Waals surface area contributed by atoms with Crippen molar-refractivity contribution in [2.75, 3.05) is 0 Å². The van der Waals surface area contributed by atoms with Gasteiger partial charge in [0.25, 0.3) is 5.56 Å². The maximum Gasteiger partial charge on any atom is 0.266 e. The standard InChI is InChI=1S/C17H19N3O/c1-17(2,13-18)11-6-12-20-16(21)10-9-15(19-20)14-7-4-3-5-8-14/h3-5,7-10H,6,11-12H2,1-2H3. The largest absolute Gasteiger partial charge is 0.268 e. The molecule has 0 radical (unpaired) electrons. The van der Waals surface area contributed by atoms with Gasteiger partial charge in [-0.3, -0.25) is 4.79 Å². The number of aryl methyl sites for hydroxylation is 1.